The Morgan fingerprint density at radius 3 is 1.75 bits per heavy atom. The first-order valence-corrected chi connectivity index (χ1v) is 8.84. The summed E-state index contributed by atoms with van der Waals surface area (Å²) in [6.07, 6.45) is 0.753. The summed E-state index contributed by atoms with van der Waals surface area (Å²) >= 11 is 3.51. The Morgan fingerprint density at radius 2 is 1.42 bits per heavy atom. The van der Waals surface area contributed by atoms with Gasteiger partial charge in [0.15, 0.2) is 5.78 Å². The van der Waals surface area contributed by atoms with Gasteiger partial charge in [-0.2, -0.15) is 0 Å². The number of rotatable bonds is 7. The lowest BCUT2D eigenvalue weighted by atomic mass is 9.68. The third-order valence-corrected chi connectivity index (χ3v) is 4.66. The lowest BCUT2D eigenvalue weighted by Crippen LogP contribution is -2.43. The second kappa shape index (κ2) is 9.50. The molecule has 0 N–H and O–H groups in total. The minimum Gasteiger partial charge on any atom is -0.309 e. The van der Waals surface area contributed by atoms with Crippen molar-refractivity contribution < 1.29 is 4.79 Å². The van der Waals surface area contributed by atoms with Crippen LogP contribution in [0.3, 0.4) is 0 Å². The Bertz CT molecular complexity index is 587. The number of carbonyl (C=O) groups excluding carboxylic acids is 1. The van der Waals surface area contributed by atoms with E-state index in [9.17, 15) is 4.79 Å². The molecule has 0 heterocycles. The number of hydrogen-bond donors (Lipinski definition) is 0. The molecule has 0 aromatic heterocycles. The first-order valence-electron chi connectivity index (χ1n) is 7.92. The van der Waals surface area contributed by atoms with Gasteiger partial charge in [0.2, 0.25) is 0 Å². The zero-order chi connectivity index (χ0) is 16.9. The van der Waals surface area contributed by atoms with Crippen molar-refractivity contribution in [1.29, 1.82) is 0 Å². The molecule has 0 aliphatic carbocycles. The number of halogens is 2. The molecule has 0 saturated heterocycles. The predicted molar refractivity (Wildman–Crippen MR) is 111 cm³/mol. The van der Waals surface area contributed by atoms with Crippen LogP contribution < -0.4 is 0 Å². The van der Waals surface area contributed by atoms with E-state index in [1.165, 1.54) is 0 Å². The van der Waals surface area contributed by atoms with Gasteiger partial charge in [-0.05, 0) is 45.1 Å². The van der Waals surface area contributed by atoms with Gasteiger partial charge in [-0.1, -0.05) is 76.6 Å². The van der Waals surface area contributed by atoms with Crippen LogP contribution in [-0.2, 0) is 10.2 Å². The molecular weight excluding hydrogens is 430 g/mol. The Kier molecular flexibility index (Phi) is 8.34. The van der Waals surface area contributed by atoms with E-state index >= 15 is 0 Å². The molecule has 0 aliphatic heterocycles. The van der Waals surface area contributed by atoms with Gasteiger partial charge in [0.1, 0.15) is 0 Å². The maximum atomic E-state index is 13.3. The van der Waals surface area contributed by atoms with Gasteiger partial charge >= 0.3 is 0 Å². The van der Waals surface area contributed by atoms with Crippen LogP contribution in [0.25, 0.3) is 0 Å². The molecule has 0 fully saturated rings. The van der Waals surface area contributed by atoms with Crippen LogP contribution in [0, 0.1) is 0 Å². The normalized spacial score (nSPS) is 12.5. The molecule has 0 bridgehead atoms. The molecule has 0 aliphatic rings. The van der Waals surface area contributed by atoms with Crippen LogP contribution >= 0.6 is 32.9 Å². The molecule has 0 radical (unpaired) electrons. The van der Waals surface area contributed by atoms with E-state index in [2.05, 4.69) is 45.1 Å². The maximum absolute atomic E-state index is 13.3. The highest BCUT2D eigenvalue weighted by atomic mass is 79.9. The zero-order valence-corrected chi connectivity index (χ0v) is 17.7. The average molecular weight is 455 g/mol. The van der Waals surface area contributed by atoms with E-state index < -0.39 is 5.41 Å². The van der Waals surface area contributed by atoms with Gasteiger partial charge in [-0.15, -0.1) is 17.0 Å². The Labute approximate surface area is 164 Å². The highest BCUT2D eigenvalue weighted by molar-refractivity contribution is 9.10. The van der Waals surface area contributed by atoms with Crippen molar-refractivity contribution in [1.82, 2.24) is 4.90 Å². The van der Waals surface area contributed by atoms with Crippen LogP contribution in [0.1, 0.15) is 24.5 Å². The molecule has 0 amide bonds. The number of carbonyl (C=O) groups is 1. The average Bonchev–Trinajstić information content (AvgIpc) is 2.57. The summed E-state index contributed by atoms with van der Waals surface area (Å²) in [6.45, 7) is 2.76. The van der Waals surface area contributed by atoms with Crippen LogP contribution in [0.4, 0.5) is 0 Å². The molecule has 1 unspecified atom stereocenters. The number of Topliss-reactive ketones (excluding diaryl/α,β-unsaturated/α-hetero) is 1. The minimum atomic E-state index is -0.629. The molecule has 2 nitrogen and oxygen atoms in total. The largest absolute Gasteiger partial charge is 0.309 e. The fourth-order valence-corrected chi connectivity index (χ4v) is 3.43. The first kappa shape index (κ1) is 21.1. The molecule has 1 atom stereocenters. The van der Waals surface area contributed by atoms with Crippen molar-refractivity contribution in [2.24, 2.45) is 0 Å². The SMILES string of the molecule is Br.CC(Br)C(=O)C(CCN(C)C)(c1ccccc1)c1ccccc1. The summed E-state index contributed by atoms with van der Waals surface area (Å²) < 4.78 is 0. The molecule has 0 spiro atoms. The Hall–Kier alpha value is -0.970. The molecule has 4 heteroatoms. The Morgan fingerprint density at radius 1 is 1.00 bits per heavy atom. The van der Waals surface area contributed by atoms with E-state index in [1.807, 2.05) is 57.4 Å². The fraction of sp³-hybridized carbons (Fsp3) is 0.350. The van der Waals surface area contributed by atoms with Crippen molar-refractivity contribution in [3.8, 4) is 0 Å². The summed E-state index contributed by atoms with van der Waals surface area (Å²) in [7, 11) is 4.09. The molecular formula is C20H25Br2NO. The predicted octanol–water partition coefficient (Wildman–Crippen LogP) is 4.85. The van der Waals surface area contributed by atoms with Gasteiger partial charge in [0.25, 0.3) is 0 Å². The third kappa shape index (κ3) is 4.56. The monoisotopic (exact) mass is 453 g/mol. The lowest BCUT2D eigenvalue weighted by Gasteiger charge is -2.35. The standard InChI is InChI=1S/C20H24BrNO.BrH/c1-16(21)19(23)20(14-15-22(2)3,17-10-6-4-7-11-17)18-12-8-5-9-13-18;/h4-13,16H,14-15H2,1-3H3;1H. The summed E-state index contributed by atoms with van der Waals surface area (Å²) in [6, 6.07) is 20.3. The van der Waals surface area contributed by atoms with Gasteiger partial charge in [0, 0.05) is 0 Å². The van der Waals surface area contributed by atoms with E-state index in [1.54, 1.807) is 0 Å². The highest BCUT2D eigenvalue weighted by Crippen LogP contribution is 2.39. The third-order valence-electron chi connectivity index (χ3n) is 4.25. The van der Waals surface area contributed by atoms with Crippen LogP contribution in [0.5, 0.6) is 0 Å². The van der Waals surface area contributed by atoms with Crippen molar-refractivity contribution in [2.45, 2.75) is 23.6 Å². The van der Waals surface area contributed by atoms with Crippen molar-refractivity contribution >= 4 is 38.7 Å². The molecule has 130 valence electrons. The molecule has 2 aromatic rings. The van der Waals surface area contributed by atoms with E-state index in [-0.39, 0.29) is 27.6 Å². The quantitative estimate of drug-likeness (QED) is 0.557. The number of benzene rings is 2. The summed E-state index contributed by atoms with van der Waals surface area (Å²) in [5, 5.41) is 0. The van der Waals surface area contributed by atoms with Crippen molar-refractivity contribution in [3.63, 3.8) is 0 Å². The smallest absolute Gasteiger partial charge is 0.161 e. The molecule has 0 saturated carbocycles. The summed E-state index contributed by atoms with van der Waals surface area (Å²) in [5.41, 5.74) is 1.49. The highest BCUT2D eigenvalue weighted by Gasteiger charge is 2.42. The summed E-state index contributed by atoms with van der Waals surface area (Å²) in [4.78, 5) is 15.2. The molecule has 2 aromatic carbocycles. The maximum Gasteiger partial charge on any atom is 0.161 e. The zero-order valence-electron chi connectivity index (χ0n) is 14.4. The van der Waals surface area contributed by atoms with Crippen LogP contribution in [-0.4, -0.2) is 36.2 Å². The second-order valence-electron chi connectivity index (χ2n) is 6.17. The van der Waals surface area contributed by atoms with Gasteiger partial charge in [-0.3, -0.25) is 4.79 Å². The number of nitrogens with zero attached hydrogens (tertiary/aromatic N) is 1. The van der Waals surface area contributed by atoms with E-state index in [0.717, 1.165) is 24.1 Å². The van der Waals surface area contributed by atoms with Gasteiger partial charge in [0.05, 0.1) is 10.2 Å². The van der Waals surface area contributed by atoms with Gasteiger partial charge in [-0.25, -0.2) is 0 Å². The number of hydrogen-bond acceptors (Lipinski definition) is 2. The van der Waals surface area contributed by atoms with E-state index in [4.69, 9.17) is 0 Å². The second-order valence-corrected chi connectivity index (χ2v) is 7.54. The Balaban J connectivity index is 0.00000288. The number of ketones is 1. The fourth-order valence-electron chi connectivity index (χ4n) is 3.04. The molecule has 24 heavy (non-hydrogen) atoms. The van der Waals surface area contributed by atoms with Gasteiger partial charge < -0.3 is 4.90 Å². The van der Waals surface area contributed by atoms with Crippen LogP contribution in [0.15, 0.2) is 60.7 Å². The van der Waals surface area contributed by atoms with E-state index in [0.29, 0.717) is 0 Å². The van der Waals surface area contributed by atoms with Crippen LogP contribution in [0.2, 0.25) is 0 Å². The topological polar surface area (TPSA) is 20.3 Å². The minimum absolute atomic E-state index is 0. The van der Waals surface area contributed by atoms with Crippen molar-refractivity contribution in [2.75, 3.05) is 20.6 Å². The summed E-state index contributed by atoms with van der Waals surface area (Å²) in [5.74, 6) is 0.205. The number of alkyl halides is 1. The molecule has 2 rings (SSSR count). The van der Waals surface area contributed by atoms with Crippen molar-refractivity contribution in [3.05, 3.63) is 71.8 Å². The lowest BCUT2D eigenvalue weighted by molar-refractivity contribution is -0.122. The first-order chi connectivity index (χ1) is 11.0.